The molecule has 0 radical (unpaired) electrons. The Kier molecular flexibility index (Phi) is 2.95. The SMILES string of the molecule is NC(=O)c1cn(-c2ccccc2C(=O)O)c2ccccc12. The van der Waals surface area contributed by atoms with Crippen molar-refractivity contribution >= 4 is 22.8 Å². The fraction of sp³-hybridized carbons (Fsp3) is 0. The maximum Gasteiger partial charge on any atom is 0.337 e. The van der Waals surface area contributed by atoms with E-state index in [0.717, 1.165) is 5.52 Å². The molecular weight excluding hydrogens is 268 g/mol. The standard InChI is InChI=1S/C16H12N2O3/c17-15(19)12-9-18(13-7-3-1-5-10(12)13)14-8-4-2-6-11(14)16(20)21/h1-9H,(H2,17,19)(H,20,21). The van der Waals surface area contributed by atoms with Crippen molar-refractivity contribution in [1.29, 1.82) is 0 Å². The molecule has 5 heteroatoms. The van der Waals surface area contributed by atoms with Crippen LogP contribution in [0.3, 0.4) is 0 Å². The molecular formula is C16H12N2O3. The summed E-state index contributed by atoms with van der Waals surface area (Å²) >= 11 is 0. The van der Waals surface area contributed by atoms with Gasteiger partial charge in [0.1, 0.15) is 0 Å². The van der Waals surface area contributed by atoms with Gasteiger partial charge in [0, 0.05) is 11.6 Å². The molecule has 1 amide bonds. The van der Waals surface area contributed by atoms with Crippen molar-refractivity contribution in [3.63, 3.8) is 0 Å². The number of fused-ring (bicyclic) bond motifs is 1. The van der Waals surface area contributed by atoms with Crippen LogP contribution in [0.2, 0.25) is 0 Å². The predicted molar refractivity (Wildman–Crippen MR) is 78.8 cm³/mol. The molecule has 0 fully saturated rings. The van der Waals surface area contributed by atoms with Crippen molar-refractivity contribution in [2.24, 2.45) is 5.73 Å². The van der Waals surface area contributed by atoms with Crippen LogP contribution in [-0.4, -0.2) is 21.6 Å². The molecule has 0 aliphatic rings. The third-order valence-corrected chi connectivity index (χ3v) is 3.37. The number of benzene rings is 2. The van der Waals surface area contributed by atoms with Crippen LogP contribution in [0.25, 0.3) is 16.6 Å². The van der Waals surface area contributed by atoms with E-state index < -0.39 is 11.9 Å². The summed E-state index contributed by atoms with van der Waals surface area (Å²) in [6.07, 6.45) is 1.58. The van der Waals surface area contributed by atoms with Crippen molar-refractivity contribution in [2.45, 2.75) is 0 Å². The Balaban J connectivity index is 2.37. The first-order valence-corrected chi connectivity index (χ1v) is 6.32. The van der Waals surface area contributed by atoms with Crippen LogP contribution < -0.4 is 5.73 Å². The van der Waals surface area contributed by atoms with Gasteiger partial charge in [0.25, 0.3) is 5.91 Å². The zero-order valence-corrected chi connectivity index (χ0v) is 11.0. The topological polar surface area (TPSA) is 85.3 Å². The highest BCUT2D eigenvalue weighted by molar-refractivity contribution is 6.07. The van der Waals surface area contributed by atoms with Crippen LogP contribution in [0, 0.1) is 0 Å². The number of aromatic carboxylic acids is 1. The number of primary amides is 1. The fourth-order valence-corrected chi connectivity index (χ4v) is 2.44. The second kappa shape index (κ2) is 4.79. The van der Waals surface area contributed by atoms with E-state index in [2.05, 4.69) is 0 Å². The summed E-state index contributed by atoms with van der Waals surface area (Å²) in [7, 11) is 0. The van der Waals surface area contributed by atoms with E-state index in [1.807, 2.05) is 18.2 Å². The second-order valence-electron chi connectivity index (χ2n) is 4.62. The van der Waals surface area contributed by atoms with E-state index in [0.29, 0.717) is 16.6 Å². The molecule has 0 atom stereocenters. The van der Waals surface area contributed by atoms with Gasteiger partial charge in [-0.1, -0.05) is 30.3 Å². The van der Waals surface area contributed by atoms with Gasteiger partial charge in [-0.25, -0.2) is 4.79 Å². The first-order chi connectivity index (χ1) is 10.1. The highest BCUT2D eigenvalue weighted by atomic mass is 16.4. The first-order valence-electron chi connectivity index (χ1n) is 6.32. The summed E-state index contributed by atoms with van der Waals surface area (Å²) in [6, 6.07) is 13.9. The Labute approximate surface area is 120 Å². The van der Waals surface area contributed by atoms with E-state index >= 15 is 0 Å². The van der Waals surface area contributed by atoms with Crippen molar-refractivity contribution in [3.05, 3.63) is 65.9 Å². The van der Waals surface area contributed by atoms with Gasteiger partial charge in [-0.2, -0.15) is 0 Å². The lowest BCUT2D eigenvalue weighted by atomic mass is 10.1. The summed E-state index contributed by atoms with van der Waals surface area (Å²) < 4.78 is 1.68. The van der Waals surface area contributed by atoms with Crippen LogP contribution in [0.1, 0.15) is 20.7 Å². The van der Waals surface area contributed by atoms with Gasteiger partial charge in [-0.05, 0) is 18.2 Å². The molecule has 104 valence electrons. The zero-order chi connectivity index (χ0) is 15.0. The maximum atomic E-state index is 11.6. The van der Waals surface area contributed by atoms with Crippen molar-refractivity contribution in [2.75, 3.05) is 0 Å². The molecule has 0 aliphatic carbocycles. The summed E-state index contributed by atoms with van der Waals surface area (Å²) in [6.45, 7) is 0. The van der Waals surface area contributed by atoms with Crippen LogP contribution in [0.15, 0.2) is 54.7 Å². The van der Waals surface area contributed by atoms with Gasteiger partial charge in [-0.15, -0.1) is 0 Å². The quantitative estimate of drug-likeness (QED) is 0.772. The number of rotatable bonds is 3. The van der Waals surface area contributed by atoms with Gasteiger partial charge in [0.15, 0.2) is 0 Å². The second-order valence-corrected chi connectivity index (χ2v) is 4.62. The fourth-order valence-electron chi connectivity index (χ4n) is 2.44. The van der Waals surface area contributed by atoms with Gasteiger partial charge in [0.05, 0.1) is 22.3 Å². The Morgan fingerprint density at radius 3 is 2.33 bits per heavy atom. The number of carbonyl (C=O) groups excluding carboxylic acids is 1. The number of para-hydroxylation sites is 2. The van der Waals surface area contributed by atoms with E-state index in [1.165, 1.54) is 6.07 Å². The lowest BCUT2D eigenvalue weighted by molar-refractivity contribution is 0.0696. The maximum absolute atomic E-state index is 11.6. The smallest absolute Gasteiger partial charge is 0.337 e. The Morgan fingerprint density at radius 1 is 0.952 bits per heavy atom. The molecule has 0 saturated carbocycles. The average Bonchev–Trinajstić information content (AvgIpc) is 2.87. The minimum atomic E-state index is -1.02. The molecule has 0 bridgehead atoms. The number of aromatic nitrogens is 1. The first kappa shape index (κ1) is 12.9. The molecule has 0 unspecified atom stereocenters. The monoisotopic (exact) mass is 280 g/mol. The molecule has 0 saturated heterocycles. The van der Waals surface area contributed by atoms with Gasteiger partial charge < -0.3 is 15.4 Å². The number of carboxylic acids is 1. The highest BCUT2D eigenvalue weighted by Gasteiger charge is 2.17. The molecule has 0 aliphatic heterocycles. The number of hydrogen-bond acceptors (Lipinski definition) is 2. The summed E-state index contributed by atoms with van der Waals surface area (Å²) in [4.78, 5) is 22.9. The third kappa shape index (κ3) is 2.04. The molecule has 1 heterocycles. The van der Waals surface area contributed by atoms with Crippen LogP contribution in [0.5, 0.6) is 0 Å². The Morgan fingerprint density at radius 2 is 1.62 bits per heavy atom. The summed E-state index contributed by atoms with van der Waals surface area (Å²) in [5.41, 5.74) is 7.16. The van der Waals surface area contributed by atoms with E-state index in [9.17, 15) is 14.7 Å². The Bertz CT molecular complexity index is 865. The van der Waals surface area contributed by atoms with Crippen LogP contribution >= 0.6 is 0 Å². The summed E-state index contributed by atoms with van der Waals surface area (Å²) in [5, 5.41) is 10.0. The highest BCUT2D eigenvalue weighted by Crippen LogP contribution is 2.26. The lowest BCUT2D eigenvalue weighted by Gasteiger charge is -2.08. The van der Waals surface area contributed by atoms with Gasteiger partial charge in [0.2, 0.25) is 0 Å². The van der Waals surface area contributed by atoms with E-state index in [1.54, 1.807) is 35.0 Å². The van der Waals surface area contributed by atoms with Crippen LogP contribution in [0.4, 0.5) is 0 Å². The number of amides is 1. The third-order valence-electron chi connectivity index (χ3n) is 3.37. The molecule has 21 heavy (non-hydrogen) atoms. The molecule has 5 nitrogen and oxygen atoms in total. The number of carboxylic acid groups (broad SMARTS) is 1. The van der Waals surface area contributed by atoms with E-state index in [4.69, 9.17) is 5.73 Å². The largest absolute Gasteiger partial charge is 0.478 e. The van der Waals surface area contributed by atoms with Crippen molar-refractivity contribution in [3.8, 4) is 5.69 Å². The minimum Gasteiger partial charge on any atom is -0.478 e. The minimum absolute atomic E-state index is 0.161. The molecule has 3 rings (SSSR count). The van der Waals surface area contributed by atoms with E-state index in [-0.39, 0.29) is 5.56 Å². The van der Waals surface area contributed by atoms with Gasteiger partial charge in [-0.3, -0.25) is 4.79 Å². The lowest BCUT2D eigenvalue weighted by Crippen LogP contribution is -2.10. The Hall–Kier alpha value is -3.08. The predicted octanol–water partition coefficient (Wildman–Crippen LogP) is 2.43. The van der Waals surface area contributed by atoms with Crippen LogP contribution in [-0.2, 0) is 0 Å². The molecule has 2 aromatic carbocycles. The molecule has 3 aromatic rings. The summed E-state index contributed by atoms with van der Waals surface area (Å²) in [5.74, 6) is -1.57. The number of carbonyl (C=O) groups is 2. The number of nitrogens with zero attached hydrogens (tertiary/aromatic N) is 1. The average molecular weight is 280 g/mol. The van der Waals surface area contributed by atoms with Crippen molar-refractivity contribution < 1.29 is 14.7 Å². The molecule has 3 N–H and O–H groups in total. The molecule has 1 aromatic heterocycles. The normalized spacial score (nSPS) is 10.7. The van der Waals surface area contributed by atoms with Crippen molar-refractivity contribution in [1.82, 2.24) is 4.57 Å². The van der Waals surface area contributed by atoms with Gasteiger partial charge >= 0.3 is 5.97 Å². The number of hydrogen-bond donors (Lipinski definition) is 2. The number of nitrogens with two attached hydrogens (primary N) is 1. The molecule has 0 spiro atoms. The zero-order valence-electron chi connectivity index (χ0n) is 11.0.